The van der Waals surface area contributed by atoms with Gasteiger partial charge >= 0.3 is 0 Å². The van der Waals surface area contributed by atoms with Crippen LogP contribution in [-0.2, 0) is 6.54 Å². The molecule has 94 valence electrons. The minimum absolute atomic E-state index is 0.381. The highest BCUT2D eigenvalue weighted by Gasteiger charge is 2.08. The molecule has 0 amide bonds. The van der Waals surface area contributed by atoms with Crippen LogP contribution in [0.3, 0.4) is 0 Å². The number of aromatic nitrogens is 1. The van der Waals surface area contributed by atoms with Gasteiger partial charge in [0.05, 0.1) is 5.02 Å². The normalized spacial score (nSPS) is 10.4. The Morgan fingerprint density at radius 3 is 2.72 bits per heavy atom. The number of aryl methyl sites for hydroxylation is 2. The fourth-order valence-corrected chi connectivity index (χ4v) is 1.77. The molecule has 18 heavy (non-hydrogen) atoms. The Morgan fingerprint density at radius 2 is 2.00 bits per heavy atom. The van der Waals surface area contributed by atoms with Crippen LogP contribution in [0.2, 0.25) is 5.02 Å². The molecule has 0 unspecified atom stereocenters. The summed E-state index contributed by atoms with van der Waals surface area (Å²) >= 11 is 6.11. The van der Waals surface area contributed by atoms with Crippen LogP contribution in [0.15, 0.2) is 30.5 Å². The smallest absolute Gasteiger partial charge is 0.146 e. The summed E-state index contributed by atoms with van der Waals surface area (Å²) in [5, 5.41) is 0.582. The lowest BCUT2D eigenvalue weighted by molar-refractivity contribution is 0.474. The Labute approximate surface area is 112 Å². The van der Waals surface area contributed by atoms with E-state index in [1.807, 2.05) is 38.1 Å². The number of hydrogen-bond acceptors (Lipinski definition) is 3. The van der Waals surface area contributed by atoms with Gasteiger partial charge < -0.3 is 10.5 Å². The first-order valence-corrected chi connectivity index (χ1v) is 6.07. The van der Waals surface area contributed by atoms with Crippen molar-refractivity contribution in [2.45, 2.75) is 20.4 Å². The largest absolute Gasteiger partial charge is 0.455 e. The molecule has 1 aromatic heterocycles. The molecule has 0 spiro atoms. The average molecular weight is 263 g/mol. The van der Waals surface area contributed by atoms with Gasteiger partial charge in [-0.3, -0.25) is 4.98 Å². The first-order chi connectivity index (χ1) is 8.60. The van der Waals surface area contributed by atoms with Gasteiger partial charge in [0.1, 0.15) is 11.5 Å². The predicted octanol–water partition coefficient (Wildman–Crippen LogP) is 3.60. The van der Waals surface area contributed by atoms with Gasteiger partial charge in [0.25, 0.3) is 0 Å². The van der Waals surface area contributed by atoms with E-state index in [4.69, 9.17) is 22.1 Å². The van der Waals surface area contributed by atoms with Crippen molar-refractivity contribution in [3.63, 3.8) is 0 Å². The number of nitrogens with two attached hydrogens (primary N) is 1. The van der Waals surface area contributed by atoms with E-state index < -0.39 is 0 Å². The minimum Gasteiger partial charge on any atom is -0.455 e. The minimum atomic E-state index is 0.381. The molecule has 1 aromatic carbocycles. The number of halogens is 1. The first kappa shape index (κ1) is 12.9. The molecular formula is C14H15ClN2O. The van der Waals surface area contributed by atoms with E-state index in [-0.39, 0.29) is 0 Å². The molecule has 2 N–H and O–H groups in total. The molecule has 0 saturated carbocycles. The molecule has 3 nitrogen and oxygen atoms in total. The first-order valence-electron chi connectivity index (χ1n) is 5.69. The molecule has 0 aliphatic carbocycles. The van der Waals surface area contributed by atoms with Gasteiger partial charge in [-0.2, -0.15) is 0 Å². The van der Waals surface area contributed by atoms with Gasteiger partial charge in [-0.25, -0.2) is 0 Å². The second-order valence-electron chi connectivity index (χ2n) is 4.17. The summed E-state index contributed by atoms with van der Waals surface area (Å²) in [6, 6.07) is 7.53. The van der Waals surface area contributed by atoms with E-state index >= 15 is 0 Å². The Morgan fingerprint density at radius 1 is 1.22 bits per heavy atom. The summed E-state index contributed by atoms with van der Waals surface area (Å²) in [6.07, 6.45) is 1.73. The van der Waals surface area contributed by atoms with Crippen LogP contribution < -0.4 is 10.5 Å². The van der Waals surface area contributed by atoms with Crippen LogP contribution in [0, 0.1) is 13.8 Å². The van der Waals surface area contributed by atoms with Gasteiger partial charge in [-0.1, -0.05) is 17.7 Å². The number of rotatable bonds is 3. The van der Waals surface area contributed by atoms with Gasteiger partial charge in [-0.15, -0.1) is 0 Å². The lowest BCUT2D eigenvalue weighted by Crippen LogP contribution is -2.01. The summed E-state index contributed by atoms with van der Waals surface area (Å²) < 4.78 is 5.84. The molecule has 0 atom stereocenters. The number of ether oxygens (including phenoxy) is 1. The Hall–Kier alpha value is -1.58. The van der Waals surface area contributed by atoms with Crippen molar-refractivity contribution in [1.29, 1.82) is 0 Å². The Kier molecular flexibility index (Phi) is 3.84. The topological polar surface area (TPSA) is 48.1 Å². The molecule has 0 bridgehead atoms. The van der Waals surface area contributed by atoms with E-state index in [1.54, 1.807) is 6.20 Å². The zero-order valence-electron chi connectivity index (χ0n) is 10.4. The Balaban J connectivity index is 2.38. The lowest BCUT2D eigenvalue weighted by Gasteiger charge is -2.12. The molecule has 1 heterocycles. The van der Waals surface area contributed by atoms with Crippen LogP contribution in [0.4, 0.5) is 0 Å². The highest BCUT2D eigenvalue weighted by atomic mass is 35.5. The summed E-state index contributed by atoms with van der Waals surface area (Å²) in [4.78, 5) is 4.20. The fraction of sp³-hybridized carbons (Fsp3) is 0.214. The van der Waals surface area contributed by atoms with E-state index in [9.17, 15) is 0 Å². The lowest BCUT2D eigenvalue weighted by atomic mass is 10.2. The van der Waals surface area contributed by atoms with Crippen molar-refractivity contribution in [3.8, 4) is 11.5 Å². The summed E-state index contributed by atoms with van der Waals surface area (Å²) in [6.45, 7) is 4.28. The second-order valence-corrected chi connectivity index (χ2v) is 4.58. The third-order valence-electron chi connectivity index (χ3n) is 2.61. The van der Waals surface area contributed by atoms with E-state index in [0.717, 1.165) is 16.8 Å². The molecule has 0 radical (unpaired) electrons. The van der Waals surface area contributed by atoms with E-state index in [0.29, 0.717) is 23.1 Å². The molecule has 2 aromatic rings. The summed E-state index contributed by atoms with van der Waals surface area (Å²) in [5.41, 5.74) is 8.50. The van der Waals surface area contributed by atoms with Gasteiger partial charge in [-0.05, 0) is 31.5 Å². The highest BCUT2D eigenvalue weighted by molar-refractivity contribution is 6.32. The van der Waals surface area contributed by atoms with Crippen LogP contribution >= 0.6 is 11.6 Å². The molecular weight excluding hydrogens is 248 g/mol. The van der Waals surface area contributed by atoms with Crippen LogP contribution in [0.1, 0.15) is 16.8 Å². The van der Waals surface area contributed by atoms with E-state index in [1.165, 1.54) is 0 Å². The monoisotopic (exact) mass is 262 g/mol. The zero-order chi connectivity index (χ0) is 13.1. The number of hydrogen-bond donors (Lipinski definition) is 1. The predicted molar refractivity (Wildman–Crippen MR) is 73.1 cm³/mol. The standard InChI is InChI=1S/C14H15ClN2O/c1-9-3-4-12(15)14(5-9)18-13-6-10(2)17-8-11(13)7-16/h3-6,8H,7,16H2,1-2H3. The van der Waals surface area contributed by atoms with Crippen molar-refractivity contribution < 1.29 is 4.74 Å². The van der Waals surface area contributed by atoms with Crippen molar-refractivity contribution in [2.75, 3.05) is 0 Å². The third kappa shape index (κ3) is 2.81. The van der Waals surface area contributed by atoms with Crippen molar-refractivity contribution in [3.05, 3.63) is 52.3 Å². The third-order valence-corrected chi connectivity index (χ3v) is 2.92. The van der Waals surface area contributed by atoms with E-state index in [2.05, 4.69) is 4.98 Å². The zero-order valence-corrected chi connectivity index (χ0v) is 11.2. The van der Waals surface area contributed by atoms with Gasteiger partial charge in [0.2, 0.25) is 0 Å². The van der Waals surface area contributed by atoms with Crippen molar-refractivity contribution >= 4 is 11.6 Å². The second kappa shape index (κ2) is 5.38. The number of nitrogens with zero attached hydrogens (tertiary/aromatic N) is 1. The molecule has 2 rings (SSSR count). The molecule has 0 aliphatic heterocycles. The fourth-order valence-electron chi connectivity index (χ4n) is 1.62. The summed E-state index contributed by atoms with van der Waals surface area (Å²) in [5.74, 6) is 1.34. The highest BCUT2D eigenvalue weighted by Crippen LogP contribution is 2.31. The quantitative estimate of drug-likeness (QED) is 0.919. The molecule has 0 aliphatic rings. The van der Waals surface area contributed by atoms with Gasteiger partial charge in [0, 0.05) is 30.1 Å². The van der Waals surface area contributed by atoms with Crippen LogP contribution in [0.25, 0.3) is 0 Å². The van der Waals surface area contributed by atoms with Gasteiger partial charge in [0.15, 0.2) is 0 Å². The maximum Gasteiger partial charge on any atom is 0.146 e. The average Bonchev–Trinajstić information content (AvgIpc) is 2.34. The maximum atomic E-state index is 6.11. The Bertz CT molecular complexity index is 570. The molecule has 4 heteroatoms. The van der Waals surface area contributed by atoms with Crippen molar-refractivity contribution in [2.24, 2.45) is 5.73 Å². The SMILES string of the molecule is Cc1ccc(Cl)c(Oc2cc(C)ncc2CN)c1. The molecule has 0 fully saturated rings. The van der Waals surface area contributed by atoms with Crippen LogP contribution in [0.5, 0.6) is 11.5 Å². The molecule has 0 saturated heterocycles. The number of benzene rings is 1. The van der Waals surface area contributed by atoms with Crippen LogP contribution in [-0.4, -0.2) is 4.98 Å². The summed E-state index contributed by atoms with van der Waals surface area (Å²) in [7, 11) is 0. The maximum absolute atomic E-state index is 6.11. The van der Waals surface area contributed by atoms with Crippen molar-refractivity contribution in [1.82, 2.24) is 4.98 Å². The number of pyridine rings is 1.